The number of sulfonamides is 1. The van der Waals surface area contributed by atoms with Crippen molar-refractivity contribution in [3.05, 3.63) is 53.4 Å². The van der Waals surface area contributed by atoms with Crippen molar-refractivity contribution in [3.63, 3.8) is 0 Å². The molecule has 3 rings (SSSR count). The zero-order valence-electron chi connectivity index (χ0n) is 19.0. The molecule has 2 heterocycles. The van der Waals surface area contributed by atoms with Gasteiger partial charge >= 0.3 is 6.18 Å². The predicted molar refractivity (Wildman–Crippen MR) is 118 cm³/mol. The minimum absolute atomic E-state index is 0.0858. The maximum absolute atomic E-state index is 15.0. The second-order valence-electron chi connectivity index (χ2n) is 7.91. The lowest BCUT2D eigenvalue weighted by Crippen LogP contribution is -2.61. The maximum atomic E-state index is 15.0. The standard InChI is InChI=1S/C20H21F5N6O4S/c1-19(16(14(7-21)35-3)36(33,34)31(2)18(26)30-19)11-6-10(4-5-12(11)22)29-17(32)13-8-28-15(9-27-13)20(23,24)25/h4-6,8-9,14,16H,7H2,1-3H3,(H2,26,30)(H,29,32)/t14-,16-,19-/m1/s1. The highest BCUT2D eigenvalue weighted by Crippen LogP contribution is 2.42. The van der Waals surface area contributed by atoms with Crippen LogP contribution in [-0.2, 0) is 26.5 Å². The van der Waals surface area contributed by atoms with Crippen molar-refractivity contribution < 1.29 is 39.9 Å². The van der Waals surface area contributed by atoms with Crippen molar-refractivity contribution in [1.82, 2.24) is 14.3 Å². The first-order valence-corrected chi connectivity index (χ1v) is 11.6. The number of amides is 1. The number of ether oxygens (including phenoxy) is 1. The molecule has 1 aromatic carbocycles. The van der Waals surface area contributed by atoms with Crippen LogP contribution < -0.4 is 11.1 Å². The molecule has 0 saturated heterocycles. The van der Waals surface area contributed by atoms with Crippen LogP contribution in [0.2, 0.25) is 0 Å². The molecule has 0 bridgehead atoms. The number of guanidine groups is 1. The number of nitrogens with two attached hydrogens (primary N) is 1. The fourth-order valence-corrected chi connectivity index (χ4v) is 5.74. The number of aromatic nitrogens is 2. The Balaban J connectivity index is 2.05. The monoisotopic (exact) mass is 536 g/mol. The van der Waals surface area contributed by atoms with Gasteiger partial charge in [0.25, 0.3) is 5.91 Å². The Hall–Kier alpha value is -3.40. The molecule has 1 aliphatic heterocycles. The molecule has 0 fully saturated rings. The van der Waals surface area contributed by atoms with Gasteiger partial charge in [-0.3, -0.25) is 4.79 Å². The van der Waals surface area contributed by atoms with E-state index in [4.69, 9.17) is 10.5 Å². The Kier molecular flexibility index (Phi) is 7.23. The van der Waals surface area contributed by atoms with Gasteiger partial charge in [-0.15, -0.1) is 0 Å². The van der Waals surface area contributed by atoms with Crippen LogP contribution in [0.1, 0.15) is 28.7 Å². The number of nitrogens with one attached hydrogen (secondary N) is 1. The summed E-state index contributed by atoms with van der Waals surface area (Å²) in [6.07, 6.45) is -5.33. The largest absolute Gasteiger partial charge is 0.434 e. The number of methoxy groups -OCH3 is 1. The number of anilines is 1. The number of alkyl halides is 4. The molecule has 0 spiro atoms. The Morgan fingerprint density at radius 1 is 1.31 bits per heavy atom. The predicted octanol–water partition coefficient (Wildman–Crippen LogP) is 2.04. The third-order valence-electron chi connectivity index (χ3n) is 5.66. The second kappa shape index (κ2) is 9.57. The second-order valence-corrected chi connectivity index (χ2v) is 10.00. The van der Waals surface area contributed by atoms with Gasteiger partial charge in [-0.2, -0.15) is 13.2 Å². The summed E-state index contributed by atoms with van der Waals surface area (Å²) >= 11 is 0. The summed E-state index contributed by atoms with van der Waals surface area (Å²) < 4.78 is 98.8. The summed E-state index contributed by atoms with van der Waals surface area (Å²) in [5, 5.41) is 0.567. The number of halogens is 5. The van der Waals surface area contributed by atoms with Crippen molar-refractivity contribution in [2.24, 2.45) is 10.7 Å². The van der Waals surface area contributed by atoms with E-state index in [1.807, 2.05) is 0 Å². The first-order chi connectivity index (χ1) is 16.7. The third-order valence-corrected chi connectivity index (χ3v) is 8.02. The molecule has 3 atom stereocenters. The third kappa shape index (κ3) is 4.82. The number of rotatable bonds is 6. The fourth-order valence-electron chi connectivity index (χ4n) is 3.78. The smallest absolute Gasteiger partial charge is 0.377 e. The summed E-state index contributed by atoms with van der Waals surface area (Å²) in [5.74, 6) is -2.41. The molecule has 10 nitrogen and oxygen atoms in total. The van der Waals surface area contributed by atoms with Crippen molar-refractivity contribution in [3.8, 4) is 0 Å². The molecular formula is C20H21F5N6O4S. The Morgan fingerprint density at radius 3 is 2.50 bits per heavy atom. The van der Waals surface area contributed by atoms with E-state index in [0.29, 0.717) is 16.7 Å². The Bertz CT molecular complexity index is 1280. The van der Waals surface area contributed by atoms with Gasteiger partial charge in [0, 0.05) is 25.4 Å². The van der Waals surface area contributed by atoms with Crippen LogP contribution in [0.25, 0.3) is 0 Å². The van der Waals surface area contributed by atoms with E-state index in [0.717, 1.165) is 32.4 Å². The molecular weight excluding hydrogens is 515 g/mol. The first-order valence-electron chi connectivity index (χ1n) is 10.1. The zero-order valence-corrected chi connectivity index (χ0v) is 19.9. The molecule has 3 N–H and O–H groups in total. The first kappa shape index (κ1) is 27.2. The van der Waals surface area contributed by atoms with Gasteiger partial charge in [0.2, 0.25) is 16.0 Å². The van der Waals surface area contributed by atoms with Gasteiger partial charge in [0.05, 0.1) is 12.4 Å². The lowest BCUT2D eigenvalue weighted by molar-refractivity contribution is -0.141. The number of nitrogens with zero attached hydrogens (tertiary/aromatic N) is 4. The van der Waals surface area contributed by atoms with Gasteiger partial charge in [0.15, 0.2) is 5.69 Å². The quantitative estimate of drug-likeness (QED) is 0.539. The van der Waals surface area contributed by atoms with Gasteiger partial charge in [-0.05, 0) is 25.1 Å². The Labute approximate surface area is 202 Å². The lowest BCUT2D eigenvalue weighted by atomic mass is 9.85. The van der Waals surface area contributed by atoms with E-state index in [1.165, 1.54) is 6.92 Å². The van der Waals surface area contributed by atoms with Crippen molar-refractivity contribution in [2.45, 2.75) is 30.0 Å². The normalized spacial score (nSPS) is 22.6. The molecule has 196 valence electrons. The van der Waals surface area contributed by atoms with Crippen LogP contribution in [0.4, 0.5) is 27.6 Å². The number of benzene rings is 1. The number of hydrogen-bond donors (Lipinski definition) is 2. The summed E-state index contributed by atoms with van der Waals surface area (Å²) in [7, 11) is -2.21. The van der Waals surface area contributed by atoms with Gasteiger partial charge in [-0.25, -0.2) is 36.5 Å². The van der Waals surface area contributed by atoms with Crippen LogP contribution in [0.5, 0.6) is 0 Å². The summed E-state index contributed by atoms with van der Waals surface area (Å²) in [4.78, 5) is 23.2. The maximum Gasteiger partial charge on any atom is 0.434 e. The summed E-state index contributed by atoms with van der Waals surface area (Å²) in [5.41, 5.74) is 1.55. The van der Waals surface area contributed by atoms with E-state index < -0.39 is 68.8 Å². The number of hydrogen-bond acceptors (Lipinski definition) is 8. The summed E-state index contributed by atoms with van der Waals surface area (Å²) in [6, 6.07) is 3.08. The number of carbonyl (C=O) groups is 1. The fraction of sp³-hybridized carbons (Fsp3) is 0.400. The van der Waals surface area contributed by atoms with Crippen molar-refractivity contribution in [1.29, 1.82) is 0 Å². The summed E-state index contributed by atoms with van der Waals surface area (Å²) in [6.45, 7) is -0.0218. The van der Waals surface area contributed by atoms with E-state index in [2.05, 4.69) is 20.3 Å². The van der Waals surface area contributed by atoms with Crippen molar-refractivity contribution in [2.75, 3.05) is 26.1 Å². The SMILES string of the molecule is CO[C@H](CF)[C@@H]1[C@@](C)(c2cc(NC(=O)c3cnc(C(F)(F)F)cn3)ccc2F)N=C(N)N(C)S1(=O)=O. The molecule has 1 aromatic heterocycles. The number of carbonyl (C=O) groups excluding carboxylic acids is 1. The van der Waals surface area contributed by atoms with Crippen LogP contribution in [0.15, 0.2) is 35.6 Å². The lowest BCUT2D eigenvalue weighted by Gasteiger charge is -2.43. The number of aliphatic imine (C=N–C) groups is 1. The molecule has 0 radical (unpaired) electrons. The topological polar surface area (TPSA) is 140 Å². The molecule has 0 saturated carbocycles. The minimum Gasteiger partial charge on any atom is -0.377 e. The van der Waals surface area contributed by atoms with Gasteiger partial charge in [0.1, 0.15) is 35.1 Å². The van der Waals surface area contributed by atoms with E-state index in [1.54, 1.807) is 0 Å². The highest BCUT2D eigenvalue weighted by atomic mass is 32.2. The van der Waals surface area contributed by atoms with Gasteiger partial charge < -0.3 is 15.8 Å². The molecule has 16 heteroatoms. The molecule has 1 amide bonds. The Morgan fingerprint density at radius 2 is 1.97 bits per heavy atom. The van der Waals surface area contributed by atoms with E-state index >= 15 is 4.39 Å². The van der Waals surface area contributed by atoms with Crippen LogP contribution >= 0.6 is 0 Å². The molecule has 1 aliphatic rings. The highest BCUT2D eigenvalue weighted by molar-refractivity contribution is 7.90. The molecule has 2 aromatic rings. The van der Waals surface area contributed by atoms with Crippen LogP contribution in [0, 0.1) is 5.82 Å². The van der Waals surface area contributed by atoms with Crippen molar-refractivity contribution >= 4 is 27.6 Å². The molecule has 36 heavy (non-hydrogen) atoms. The van der Waals surface area contributed by atoms with E-state index in [9.17, 15) is 30.8 Å². The van der Waals surface area contributed by atoms with Crippen LogP contribution in [-0.4, -0.2) is 66.7 Å². The van der Waals surface area contributed by atoms with Gasteiger partial charge in [-0.1, -0.05) is 0 Å². The molecule has 0 unspecified atom stereocenters. The van der Waals surface area contributed by atoms with E-state index in [-0.39, 0.29) is 11.3 Å². The average molecular weight is 536 g/mol. The minimum atomic E-state index is -4.75. The van der Waals surface area contributed by atoms with Crippen LogP contribution in [0.3, 0.4) is 0 Å². The molecule has 0 aliphatic carbocycles. The zero-order chi connectivity index (χ0) is 27.1. The highest BCUT2D eigenvalue weighted by Gasteiger charge is 2.55. The average Bonchev–Trinajstić information content (AvgIpc) is 2.81.